The summed E-state index contributed by atoms with van der Waals surface area (Å²) in [5.41, 5.74) is 12.4. The van der Waals surface area contributed by atoms with Crippen LogP contribution in [0, 0.1) is 0 Å². The third kappa shape index (κ3) is 5.24. The van der Waals surface area contributed by atoms with E-state index in [1.54, 1.807) is 0 Å². The minimum absolute atomic E-state index is 0.851. The molecule has 0 saturated carbocycles. The molecule has 258 valence electrons. The van der Waals surface area contributed by atoms with Crippen LogP contribution in [-0.2, 0) is 0 Å². The number of para-hydroxylation sites is 1. The molecule has 0 bridgehead atoms. The van der Waals surface area contributed by atoms with Crippen molar-refractivity contribution in [3.05, 3.63) is 200 Å². The molecule has 1 aliphatic heterocycles. The van der Waals surface area contributed by atoms with Crippen molar-refractivity contribution in [3.8, 4) is 56.0 Å². The maximum Gasteiger partial charge on any atom is 0.135 e. The van der Waals surface area contributed by atoms with Gasteiger partial charge < -0.3 is 9.64 Å². The van der Waals surface area contributed by atoms with Crippen molar-refractivity contribution in [1.82, 2.24) is 0 Å². The summed E-state index contributed by atoms with van der Waals surface area (Å²) in [5, 5.41) is 4.89. The molecule has 0 radical (unpaired) electrons. The first-order valence-corrected chi connectivity index (χ1v) is 19.5. The van der Waals surface area contributed by atoms with Crippen LogP contribution in [0.1, 0.15) is 0 Å². The zero-order valence-electron chi connectivity index (χ0n) is 29.8. The maximum atomic E-state index is 6.98. The molecular weight excluding hydrogens is 687 g/mol. The molecule has 55 heavy (non-hydrogen) atoms. The Morgan fingerprint density at radius 2 is 1.07 bits per heavy atom. The lowest BCUT2D eigenvalue weighted by molar-refractivity contribution is 0.488. The van der Waals surface area contributed by atoms with Crippen LogP contribution in [0.15, 0.2) is 200 Å². The monoisotopic (exact) mass is 719 g/mol. The first-order chi connectivity index (χ1) is 27.3. The van der Waals surface area contributed by atoms with Crippen molar-refractivity contribution in [3.63, 3.8) is 0 Å². The first-order valence-electron chi connectivity index (χ1n) is 18.7. The van der Waals surface area contributed by atoms with Crippen LogP contribution in [0.5, 0.6) is 11.5 Å². The SMILES string of the molecule is c1ccc(-c2ccc3c(c2)Oc2ccc4ccccc4c2-c2cc(N(c4ccccc4-c4ccccc4)c4cccc5c4sc4ccccc45)ccc2-3)cc1. The second-order valence-electron chi connectivity index (χ2n) is 14.0. The van der Waals surface area contributed by atoms with Crippen LogP contribution >= 0.6 is 11.3 Å². The zero-order valence-corrected chi connectivity index (χ0v) is 30.6. The number of anilines is 3. The second kappa shape index (κ2) is 12.9. The van der Waals surface area contributed by atoms with Crippen LogP contribution in [0.3, 0.4) is 0 Å². The predicted molar refractivity (Wildman–Crippen MR) is 233 cm³/mol. The Morgan fingerprint density at radius 3 is 1.95 bits per heavy atom. The molecule has 1 aromatic heterocycles. The topological polar surface area (TPSA) is 12.5 Å². The third-order valence-electron chi connectivity index (χ3n) is 10.9. The number of ether oxygens (including phenoxy) is 1. The minimum atomic E-state index is 0.851. The lowest BCUT2D eigenvalue weighted by Gasteiger charge is -2.29. The van der Waals surface area contributed by atoms with Crippen molar-refractivity contribution in [2.24, 2.45) is 0 Å². The van der Waals surface area contributed by atoms with Crippen LogP contribution in [0.2, 0.25) is 0 Å². The second-order valence-corrected chi connectivity index (χ2v) is 15.1. The molecular formula is C52H33NOS. The fourth-order valence-electron chi connectivity index (χ4n) is 8.33. The number of thiophene rings is 1. The van der Waals surface area contributed by atoms with Crippen molar-refractivity contribution < 1.29 is 4.74 Å². The van der Waals surface area contributed by atoms with Gasteiger partial charge in [-0.05, 0) is 87.1 Å². The van der Waals surface area contributed by atoms with E-state index in [1.807, 2.05) is 11.3 Å². The van der Waals surface area contributed by atoms with Gasteiger partial charge >= 0.3 is 0 Å². The van der Waals surface area contributed by atoms with E-state index in [-0.39, 0.29) is 0 Å². The largest absolute Gasteiger partial charge is 0.456 e. The molecule has 10 aromatic rings. The highest BCUT2D eigenvalue weighted by atomic mass is 32.1. The Balaban J connectivity index is 1.20. The van der Waals surface area contributed by atoms with Gasteiger partial charge in [0, 0.05) is 37.9 Å². The van der Waals surface area contributed by atoms with Gasteiger partial charge in [0.1, 0.15) is 11.5 Å². The highest BCUT2D eigenvalue weighted by molar-refractivity contribution is 7.26. The Bertz CT molecular complexity index is 3070. The molecule has 9 aromatic carbocycles. The fraction of sp³-hybridized carbons (Fsp3) is 0. The molecule has 2 heterocycles. The van der Waals surface area contributed by atoms with Crippen LogP contribution in [-0.4, -0.2) is 0 Å². The Labute approximate surface area is 323 Å². The van der Waals surface area contributed by atoms with Gasteiger partial charge in [0.25, 0.3) is 0 Å². The number of fused-ring (bicyclic) bond motifs is 10. The Hall–Kier alpha value is -6.94. The van der Waals surface area contributed by atoms with Gasteiger partial charge in [-0.15, -0.1) is 11.3 Å². The molecule has 2 nitrogen and oxygen atoms in total. The number of hydrogen-bond donors (Lipinski definition) is 0. The zero-order chi connectivity index (χ0) is 36.3. The number of hydrogen-bond acceptors (Lipinski definition) is 3. The molecule has 0 aliphatic carbocycles. The minimum Gasteiger partial charge on any atom is -0.456 e. The van der Waals surface area contributed by atoms with Crippen molar-refractivity contribution in [1.29, 1.82) is 0 Å². The van der Waals surface area contributed by atoms with E-state index in [1.165, 1.54) is 36.7 Å². The van der Waals surface area contributed by atoms with E-state index in [0.717, 1.165) is 67.3 Å². The van der Waals surface area contributed by atoms with E-state index in [0.29, 0.717) is 0 Å². The van der Waals surface area contributed by atoms with Gasteiger partial charge in [0.15, 0.2) is 0 Å². The van der Waals surface area contributed by atoms with E-state index >= 15 is 0 Å². The predicted octanol–water partition coefficient (Wildman–Crippen LogP) is 15.5. The standard InChI is InChI=1S/C52H33NOS/c1-3-14-34(15-4-1)37-26-29-42-41-30-28-38(33-45(41)51-40-20-8-7-18-36(40)27-31-48(51)54-49(42)32-37)53(46-23-11-9-19-39(46)35-16-5-2-6-17-35)47-24-13-22-44-43-21-10-12-25-50(43)55-52(44)47/h1-33H. The highest BCUT2D eigenvalue weighted by Gasteiger charge is 2.27. The van der Waals surface area contributed by atoms with Gasteiger partial charge in [-0.2, -0.15) is 0 Å². The Kier molecular flexibility index (Phi) is 7.39. The van der Waals surface area contributed by atoms with Gasteiger partial charge in [0.05, 0.1) is 16.1 Å². The molecule has 0 atom stereocenters. The van der Waals surface area contributed by atoms with Crippen molar-refractivity contribution in [2.45, 2.75) is 0 Å². The first kappa shape index (κ1) is 31.6. The summed E-state index contributed by atoms with van der Waals surface area (Å²) in [4.78, 5) is 2.47. The molecule has 3 heteroatoms. The summed E-state index contributed by atoms with van der Waals surface area (Å²) in [5.74, 6) is 1.70. The summed E-state index contributed by atoms with van der Waals surface area (Å²) in [6.45, 7) is 0. The third-order valence-corrected chi connectivity index (χ3v) is 12.1. The lowest BCUT2D eigenvalue weighted by Crippen LogP contribution is -2.11. The summed E-state index contributed by atoms with van der Waals surface area (Å²) >= 11 is 1.86. The molecule has 0 unspecified atom stereocenters. The van der Waals surface area contributed by atoms with E-state index < -0.39 is 0 Å². The summed E-state index contributed by atoms with van der Waals surface area (Å²) in [7, 11) is 0. The van der Waals surface area contributed by atoms with Crippen molar-refractivity contribution in [2.75, 3.05) is 4.90 Å². The summed E-state index contributed by atoms with van der Waals surface area (Å²) in [6.07, 6.45) is 0. The van der Waals surface area contributed by atoms with Gasteiger partial charge in [-0.25, -0.2) is 0 Å². The van der Waals surface area contributed by atoms with Gasteiger partial charge in [-0.3, -0.25) is 0 Å². The van der Waals surface area contributed by atoms with Crippen LogP contribution in [0.25, 0.3) is 75.5 Å². The fourth-order valence-corrected chi connectivity index (χ4v) is 9.54. The molecule has 0 spiro atoms. The lowest BCUT2D eigenvalue weighted by atomic mass is 9.90. The van der Waals surface area contributed by atoms with E-state index in [2.05, 4.69) is 205 Å². The van der Waals surface area contributed by atoms with E-state index in [9.17, 15) is 0 Å². The molecule has 0 N–H and O–H groups in total. The van der Waals surface area contributed by atoms with Gasteiger partial charge in [-0.1, -0.05) is 152 Å². The summed E-state index contributed by atoms with van der Waals surface area (Å²) in [6, 6.07) is 72.1. The highest BCUT2D eigenvalue weighted by Crippen LogP contribution is 2.53. The quantitative estimate of drug-likeness (QED) is 0.176. The smallest absolute Gasteiger partial charge is 0.135 e. The molecule has 0 fully saturated rings. The van der Waals surface area contributed by atoms with Crippen LogP contribution in [0.4, 0.5) is 17.1 Å². The maximum absolute atomic E-state index is 6.98. The average molecular weight is 720 g/mol. The van der Waals surface area contributed by atoms with E-state index in [4.69, 9.17) is 4.74 Å². The molecule has 0 saturated heterocycles. The molecule has 1 aliphatic rings. The summed E-state index contributed by atoms with van der Waals surface area (Å²) < 4.78 is 9.52. The number of nitrogens with zero attached hydrogens (tertiary/aromatic N) is 1. The van der Waals surface area contributed by atoms with Gasteiger partial charge in [0.2, 0.25) is 0 Å². The normalized spacial score (nSPS) is 11.8. The van der Waals surface area contributed by atoms with Crippen molar-refractivity contribution >= 4 is 59.3 Å². The molecule has 11 rings (SSSR count). The Morgan fingerprint density at radius 1 is 0.382 bits per heavy atom. The number of benzene rings is 9. The number of rotatable bonds is 5. The average Bonchev–Trinajstić information content (AvgIpc) is 3.57. The molecule has 0 amide bonds. The van der Waals surface area contributed by atoms with Crippen LogP contribution < -0.4 is 9.64 Å².